The van der Waals surface area contributed by atoms with E-state index in [1.54, 1.807) is 6.92 Å². The number of carbonyl (C=O) groups excluding carboxylic acids is 2. The van der Waals surface area contributed by atoms with Crippen molar-refractivity contribution in [3.8, 4) is 5.75 Å². The summed E-state index contributed by atoms with van der Waals surface area (Å²) in [6.45, 7) is 6.95. The largest absolute Gasteiger partial charge is 0.494 e. The standard InChI is InChI=1S/C20H27N3O4S/c1-3-26-15-7-5-14(6-8-15)18-17(19(24)27-4-2)16(21-20(25)22-18)13-23-9-11-28-12-10-23/h5-8,18H,3-4,9-13H2,1-2H3,(H2,21,22,25). The Labute approximate surface area is 169 Å². The Balaban J connectivity index is 1.93. The molecule has 2 aliphatic rings. The second kappa shape index (κ2) is 9.84. The van der Waals surface area contributed by atoms with Crippen LogP contribution in [0.5, 0.6) is 5.75 Å². The molecule has 1 unspecified atom stereocenters. The lowest BCUT2D eigenvalue weighted by molar-refractivity contribution is -0.139. The molecule has 2 amide bonds. The smallest absolute Gasteiger partial charge is 0.338 e. The summed E-state index contributed by atoms with van der Waals surface area (Å²) in [5, 5.41) is 5.71. The fourth-order valence-electron chi connectivity index (χ4n) is 3.35. The maximum atomic E-state index is 12.8. The molecule has 28 heavy (non-hydrogen) atoms. The van der Waals surface area contributed by atoms with Crippen LogP contribution in [0.25, 0.3) is 0 Å². The minimum atomic E-state index is -0.558. The van der Waals surface area contributed by atoms with Gasteiger partial charge in [0.15, 0.2) is 0 Å². The zero-order chi connectivity index (χ0) is 19.9. The first kappa shape index (κ1) is 20.5. The van der Waals surface area contributed by atoms with Crippen molar-refractivity contribution in [3.63, 3.8) is 0 Å². The van der Waals surface area contributed by atoms with Crippen LogP contribution < -0.4 is 15.4 Å². The molecule has 2 N–H and O–H groups in total. The highest BCUT2D eigenvalue weighted by Crippen LogP contribution is 2.29. The molecule has 2 heterocycles. The van der Waals surface area contributed by atoms with E-state index in [0.717, 1.165) is 35.9 Å². The van der Waals surface area contributed by atoms with Crippen molar-refractivity contribution in [3.05, 3.63) is 41.1 Å². The third-order valence-corrected chi connectivity index (χ3v) is 5.60. The molecule has 152 valence electrons. The highest BCUT2D eigenvalue weighted by molar-refractivity contribution is 7.99. The van der Waals surface area contributed by atoms with Crippen LogP contribution in [-0.2, 0) is 9.53 Å². The molecule has 1 fully saturated rings. The Morgan fingerprint density at radius 2 is 1.89 bits per heavy atom. The monoisotopic (exact) mass is 405 g/mol. The second-order valence-corrected chi connectivity index (χ2v) is 7.76. The number of benzene rings is 1. The van der Waals surface area contributed by atoms with Crippen molar-refractivity contribution in [1.29, 1.82) is 0 Å². The van der Waals surface area contributed by atoms with Crippen molar-refractivity contribution in [2.24, 2.45) is 0 Å². The number of hydrogen-bond acceptors (Lipinski definition) is 6. The van der Waals surface area contributed by atoms with Crippen molar-refractivity contribution in [2.45, 2.75) is 19.9 Å². The summed E-state index contributed by atoms with van der Waals surface area (Å²) in [7, 11) is 0. The van der Waals surface area contributed by atoms with Crippen LogP contribution in [0.2, 0.25) is 0 Å². The zero-order valence-corrected chi connectivity index (χ0v) is 17.1. The topological polar surface area (TPSA) is 79.9 Å². The molecule has 0 saturated carbocycles. The molecule has 0 aromatic heterocycles. The molecule has 0 aliphatic carbocycles. The van der Waals surface area contributed by atoms with E-state index in [2.05, 4.69) is 15.5 Å². The first-order chi connectivity index (χ1) is 13.6. The normalized spacial score (nSPS) is 20.4. The number of carbonyl (C=O) groups is 2. The average Bonchev–Trinajstić information content (AvgIpc) is 2.69. The first-order valence-electron chi connectivity index (χ1n) is 9.63. The summed E-state index contributed by atoms with van der Waals surface area (Å²) in [4.78, 5) is 27.4. The molecule has 0 bridgehead atoms. The van der Waals surface area contributed by atoms with Crippen molar-refractivity contribution >= 4 is 23.8 Å². The van der Waals surface area contributed by atoms with E-state index in [0.29, 0.717) is 24.4 Å². The van der Waals surface area contributed by atoms with Gasteiger partial charge in [-0.1, -0.05) is 12.1 Å². The Kier molecular flexibility index (Phi) is 7.22. The lowest BCUT2D eigenvalue weighted by atomic mass is 9.95. The molecule has 1 saturated heterocycles. The van der Waals surface area contributed by atoms with Crippen LogP contribution >= 0.6 is 11.8 Å². The SMILES string of the molecule is CCOC(=O)C1=C(CN2CCSCC2)NC(=O)NC1c1ccc(OCC)cc1. The number of thioether (sulfide) groups is 1. The summed E-state index contributed by atoms with van der Waals surface area (Å²) in [6, 6.07) is 6.56. The number of ether oxygens (including phenoxy) is 2. The van der Waals surface area contributed by atoms with Crippen molar-refractivity contribution in [1.82, 2.24) is 15.5 Å². The van der Waals surface area contributed by atoms with E-state index in [1.165, 1.54) is 0 Å². The van der Waals surface area contributed by atoms with Gasteiger partial charge in [0, 0.05) is 36.8 Å². The van der Waals surface area contributed by atoms with Gasteiger partial charge in [-0.3, -0.25) is 4.90 Å². The number of rotatable bonds is 7. The van der Waals surface area contributed by atoms with E-state index in [-0.39, 0.29) is 12.6 Å². The molecule has 1 aromatic rings. The predicted molar refractivity (Wildman–Crippen MR) is 109 cm³/mol. The zero-order valence-electron chi connectivity index (χ0n) is 16.3. The van der Waals surface area contributed by atoms with Crippen LogP contribution in [-0.4, -0.2) is 61.3 Å². The summed E-state index contributed by atoms with van der Waals surface area (Å²) >= 11 is 1.92. The lowest BCUT2D eigenvalue weighted by Crippen LogP contribution is -2.49. The van der Waals surface area contributed by atoms with Gasteiger partial charge in [-0.05, 0) is 31.5 Å². The number of urea groups is 1. The van der Waals surface area contributed by atoms with Gasteiger partial charge in [-0.2, -0.15) is 11.8 Å². The van der Waals surface area contributed by atoms with Gasteiger partial charge in [0.05, 0.1) is 24.8 Å². The molecular weight excluding hydrogens is 378 g/mol. The van der Waals surface area contributed by atoms with Gasteiger partial charge < -0.3 is 20.1 Å². The van der Waals surface area contributed by atoms with Crippen LogP contribution in [0.4, 0.5) is 4.79 Å². The van der Waals surface area contributed by atoms with Gasteiger partial charge in [0.2, 0.25) is 0 Å². The number of amides is 2. The third-order valence-electron chi connectivity index (χ3n) is 4.66. The van der Waals surface area contributed by atoms with E-state index < -0.39 is 12.0 Å². The average molecular weight is 406 g/mol. The van der Waals surface area contributed by atoms with E-state index in [4.69, 9.17) is 9.47 Å². The van der Waals surface area contributed by atoms with Gasteiger partial charge in [0.1, 0.15) is 5.75 Å². The van der Waals surface area contributed by atoms with Crippen molar-refractivity contribution in [2.75, 3.05) is 44.4 Å². The van der Waals surface area contributed by atoms with Gasteiger partial charge in [-0.25, -0.2) is 9.59 Å². The Morgan fingerprint density at radius 3 is 2.54 bits per heavy atom. The van der Waals surface area contributed by atoms with E-state index >= 15 is 0 Å². The summed E-state index contributed by atoms with van der Waals surface area (Å²) in [5.41, 5.74) is 1.89. The van der Waals surface area contributed by atoms with Crippen LogP contribution in [0.15, 0.2) is 35.5 Å². The fraction of sp³-hybridized carbons (Fsp3) is 0.500. The maximum Gasteiger partial charge on any atom is 0.338 e. The third kappa shape index (κ3) is 4.99. The number of hydrogen-bond donors (Lipinski definition) is 2. The second-order valence-electron chi connectivity index (χ2n) is 6.53. The van der Waals surface area contributed by atoms with Crippen LogP contribution in [0, 0.1) is 0 Å². The molecule has 0 spiro atoms. The van der Waals surface area contributed by atoms with E-state index in [9.17, 15) is 9.59 Å². The quantitative estimate of drug-likeness (QED) is 0.678. The van der Waals surface area contributed by atoms with Crippen LogP contribution in [0.1, 0.15) is 25.5 Å². The first-order valence-corrected chi connectivity index (χ1v) is 10.8. The molecule has 3 rings (SSSR count). The molecule has 1 aromatic carbocycles. The van der Waals surface area contributed by atoms with Gasteiger partial charge >= 0.3 is 12.0 Å². The summed E-state index contributed by atoms with van der Waals surface area (Å²) in [5.74, 6) is 2.45. The van der Waals surface area contributed by atoms with Crippen LogP contribution in [0.3, 0.4) is 0 Å². The minimum absolute atomic E-state index is 0.278. The molecule has 8 heteroatoms. The maximum absolute atomic E-state index is 12.8. The predicted octanol–water partition coefficient (Wildman–Crippen LogP) is 2.31. The molecular formula is C20H27N3O4S. The minimum Gasteiger partial charge on any atom is -0.494 e. The van der Waals surface area contributed by atoms with E-state index in [1.807, 2.05) is 43.0 Å². The number of nitrogens with zero attached hydrogens (tertiary/aromatic N) is 1. The summed E-state index contributed by atoms with van der Waals surface area (Å²) < 4.78 is 10.8. The van der Waals surface area contributed by atoms with Gasteiger partial charge in [0.25, 0.3) is 0 Å². The number of nitrogens with one attached hydrogen (secondary N) is 2. The molecule has 0 radical (unpaired) electrons. The molecule has 7 nitrogen and oxygen atoms in total. The lowest BCUT2D eigenvalue weighted by Gasteiger charge is -2.33. The Hall–Kier alpha value is -2.19. The Morgan fingerprint density at radius 1 is 1.18 bits per heavy atom. The molecule has 2 aliphatic heterocycles. The highest BCUT2D eigenvalue weighted by atomic mass is 32.2. The molecule has 1 atom stereocenters. The van der Waals surface area contributed by atoms with Crippen molar-refractivity contribution < 1.29 is 19.1 Å². The fourth-order valence-corrected chi connectivity index (χ4v) is 4.33. The van der Waals surface area contributed by atoms with Gasteiger partial charge in [-0.15, -0.1) is 0 Å². The summed E-state index contributed by atoms with van der Waals surface area (Å²) in [6.07, 6.45) is 0. The highest BCUT2D eigenvalue weighted by Gasteiger charge is 2.34. The number of esters is 1. The Bertz CT molecular complexity index is 729.